The highest BCUT2D eigenvalue weighted by atomic mass is 35.5. The lowest BCUT2D eigenvalue weighted by molar-refractivity contribution is 0.181. The summed E-state index contributed by atoms with van der Waals surface area (Å²) >= 11 is 6.56. The lowest BCUT2D eigenvalue weighted by Crippen LogP contribution is -2.45. The molecule has 0 amide bonds. The van der Waals surface area contributed by atoms with Gasteiger partial charge < -0.3 is 10.1 Å². The van der Waals surface area contributed by atoms with E-state index < -0.39 is 0 Å². The van der Waals surface area contributed by atoms with Gasteiger partial charge in [0.15, 0.2) is 0 Å². The molecule has 1 N–H and O–H groups in total. The zero-order valence-electron chi connectivity index (χ0n) is 19.1. The summed E-state index contributed by atoms with van der Waals surface area (Å²) in [5.74, 6) is 1.05. The summed E-state index contributed by atoms with van der Waals surface area (Å²) in [6.45, 7) is 6.68. The molecule has 0 radical (unpaired) electrons. The van der Waals surface area contributed by atoms with Gasteiger partial charge in [-0.15, -0.1) is 0 Å². The molecule has 3 nitrogen and oxygen atoms in total. The van der Waals surface area contributed by atoms with Crippen molar-refractivity contribution in [2.24, 2.45) is 0 Å². The van der Waals surface area contributed by atoms with Crippen molar-refractivity contribution in [3.8, 4) is 5.75 Å². The summed E-state index contributed by atoms with van der Waals surface area (Å²) in [5.41, 5.74) is 6.95. The van der Waals surface area contributed by atoms with Crippen LogP contribution >= 0.6 is 11.6 Å². The van der Waals surface area contributed by atoms with Crippen LogP contribution in [0.3, 0.4) is 0 Å². The molecule has 0 aromatic heterocycles. The highest BCUT2D eigenvalue weighted by Gasteiger charge is 2.29. The van der Waals surface area contributed by atoms with Crippen LogP contribution in [0.1, 0.15) is 62.3 Å². The van der Waals surface area contributed by atoms with E-state index in [1.165, 1.54) is 34.4 Å². The number of benzene rings is 2. The van der Waals surface area contributed by atoms with Gasteiger partial charge in [0.05, 0.1) is 13.2 Å². The molecule has 31 heavy (non-hydrogen) atoms. The molecule has 0 bridgehead atoms. The third-order valence-electron chi connectivity index (χ3n) is 7.01. The van der Waals surface area contributed by atoms with E-state index in [0.29, 0.717) is 6.04 Å². The van der Waals surface area contributed by atoms with Gasteiger partial charge in [-0.25, -0.2) is 0 Å². The summed E-state index contributed by atoms with van der Waals surface area (Å²) in [6, 6.07) is 15.6. The fraction of sp³-hybridized carbons (Fsp3) is 0.481. The van der Waals surface area contributed by atoms with Crippen molar-refractivity contribution in [1.29, 1.82) is 0 Å². The molecule has 1 aliphatic carbocycles. The maximum atomic E-state index is 6.56. The Morgan fingerprint density at radius 3 is 2.77 bits per heavy atom. The van der Waals surface area contributed by atoms with Crippen LogP contribution in [0.5, 0.6) is 5.75 Å². The summed E-state index contributed by atoms with van der Waals surface area (Å²) in [6.07, 6.45) is 6.75. The monoisotopic (exact) mass is 438 g/mol. The molecule has 1 heterocycles. The SMILES string of the molecule is CCCC(NC1=C(C)CCN(C2CCc3c(cccc3OC)C2)C1)c1ccccc1Cl. The molecule has 2 aromatic carbocycles. The van der Waals surface area contributed by atoms with Crippen LogP contribution in [-0.4, -0.2) is 31.1 Å². The minimum Gasteiger partial charge on any atom is -0.496 e. The molecule has 0 fully saturated rings. The molecule has 2 aliphatic rings. The summed E-state index contributed by atoms with van der Waals surface area (Å²) in [5, 5.41) is 4.76. The molecule has 0 saturated carbocycles. The van der Waals surface area contributed by atoms with Gasteiger partial charge in [-0.2, -0.15) is 0 Å². The van der Waals surface area contributed by atoms with Crippen molar-refractivity contribution >= 4 is 11.6 Å². The number of rotatable bonds is 7. The first kappa shape index (κ1) is 22.2. The van der Waals surface area contributed by atoms with Crippen molar-refractivity contribution in [3.63, 3.8) is 0 Å². The topological polar surface area (TPSA) is 24.5 Å². The van der Waals surface area contributed by atoms with Gasteiger partial charge in [-0.05, 0) is 67.9 Å². The molecule has 4 rings (SSSR count). The van der Waals surface area contributed by atoms with E-state index in [1.54, 1.807) is 7.11 Å². The zero-order chi connectivity index (χ0) is 21.8. The van der Waals surface area contributed by atoms with Crippen molar-refractivity contribution in [2.45, 2.75) is 64.5 Å². The largest absolute Gasteiger partial charge is 0.496 e. The summed E-state index contributed by atoms with van der Waals surface area (Å²) < 4.78 is 5.60. The minimum absolute atomic E-state index is 0.264. The van der Waals surface area contributed by atoms with Crippen molar-refractivity contribution in [2.75, 3.05) is 20.2 Å². The van der Waals surface area contributed by atoms with Gasteiger partial charge in [-0.1, -0.05) is 60.9 Å². The molecule has 2 unspecified atom stereocenters. The maximum Gasteiger partial charge on any atom is 0.122 e. The van der Waals surface area contributed by atoms with Crippen molar-refractivity contribution < 1.29 is 4.74 Å². The third kappa shape index (κ3) is 4.94. The Kier molecular flexibility index (Phi) is 7.24. The normalized spacial score (nSPS) is 20.3. The van der Waals surface area contributed by atoms with E-state index in [-0.39, 0.29) is 6.04 Å². The van der Waals surface area contributed by atoms with E-state index in [0.717, 1.165) is 56.0 Å². The smallest absolute Gasteiger partial charge is 0.122 e. The van der Waals surface area contributed by atoms with E-state index in [9.17, 15) is 0 Å². The first-order valence-electron chi connectivity index (χ1n) is 11.7. The lowest BCUT2D eigenvalue weighted by Gasteiger charge is -2.40. The number of ether oxygens (including phenoxy) is 1. The highest BCUT2D eigenvalue weighted by Crippen LogP contribution is 2.33. The van der Waals surface area contributed by atoms with Crippen LogP contribution < -0.4 is 10.1 Å². The fourth-order valence-corrected chi connectivity index (χ4v) is 5.45. The Bertz CT molecular complexity index is 939. The number of hydrogen-bond donors (Lipinski definition) is 1. The predicted octanol–water partition coefficient (Wildman–Crippen LogP) is 6.32. The van der Waals surface area contributed by atoms with Crippen LogP contribution in [-0.2, 0) is 12.8 Å². The number of methoxy groups -OCH3 is 1. The Balaban J connectivity index is 1.48. The summed E-state index contributed by atoms with van der Waals surface area (Å²) in [4.78, 5) is 2.69. The predicted molar refractivity (Wildman–Crippen MR) is 130 cm³/mol. The Morgan fingerprint density at radius 2 is 2.00 bits per heavy atom. The molecule has 2 atom stereocenters. The van der Waals surface area contributed by atoms with Crippen molar-refractivity contribution in [1.82, 2.24) is 10.2 Å². The Labute approximate surface area is 192 Å². The first-order valence-corrected chi connectivity index (χ1v) is 12.1. The Hall–Kier alpha value is -1.97. The highest BCUT2D eigenvalue weighted by molar-refractivity contribution is 6.31. The number of fused-ring (bicyclic) bond motifs is 1. The van der Waals surface area contributed by atoms with E-state index in [1.807, 2.05) is 12.1 Å². The second-order valence-electron chi connectivity index (χ2n) is 8.98. The molecule has 2 aromatic rings. The van der Waals surface area contributed by atoms with Crippen molar-refractivity contribution in [3.05, 3.63) is 75.4 Å². The molecule has 4 heteroatoms. The van der Waals surface area contributed by atoms with Gasteiger partial charge in [0, 0.05) is 29.9 Å². The molecular formula is C27H35ClN2O. The van der Waals surface area contributed by atoms with E-state index in [4.69, 9.17) is 16.3 Å². The van der Waals surface area contributed by atoms with Crippen LogP contribution in [0.25, 0.3) is 0 Å². The Morgan fingerprint density at radius 1 is 1.16 bits per heavy atom. The van der Waals surface area contributed by atoms with Gasteiger partial charge in [0.25, 0.3) is 0 Å². The quantitative estimate of drug-likeness (QED) is 0.547. The number of halogens is 1. The zero-order valence-corrected chi connectivity index (χ0v) is 19.8. The standard InChI is InChI=1S/C27H35ClN2O/c1-4-8-25(23-10-5-6-11-24(23)28)29-26-18-30(16-15-19(26)2)21-13-14-22-20(17-21)9-7-12-27(22)31-3/h5-7,9-12,21,25,29H,4,8,13-18H2,1-3H3. The summed E-state index contributed by atoms with van der Waals surface area (Å²) in [7, 11) is 1.78. The molecule has 166 valence electrons. The fourth-order valence-electron chi connectivity index (χ4n) is 5.18. The van der Waals surface area contributed by atoms with Crippen LogP contribution in [0.15, 0.2) is 53.7 Å². The van der Waals surface area contributed by atoms with E-state index in [2.05, 4.69) is 54.4 Å². The molecule has 0 saturated heterocycles. The first-order chi connectivity index (χ1) is 15.1. The minimum atomic E-state index is 0.264. The van der Waals surface area contributed by atoms with Gasteiger partial charge in [0.1, 0.15) is 5.75 Å². The average Bonchev–Trinajstić information content (AvgIpc) is 2.79. The number of hydrogen-bond acceptors (Lipinski definition) is 3. The van der Waals surface area contributed by atoms with Crippen LogP contribution in [0.2, 0.25) is 5.02 Å². The molecular weight excluding hydrogens is 404 g/mol. The van der Waals surface area contributed by atoms with E-state index >= 15 is 0 Å². The number of nitrogens with one attached hydrogen (secondary N) is 1. The number of nitrogens with zero attached hydrogens (tertiary/aromatic N) is 1. The van der Waals surface area contributed by atoms with Crippen LogP contribution in [0.4, 0.5) is 0 Å². The molecule has 1 aliphatic heterocycles. The third-order valence-corrected chi connectivity index (χ3v) is 7.35. The second kappa shape index (κ2) is 10.1. The van der Waals surface area contributed by atoms with Gasteiger partial charge >= 0.3 is 0 Å². The second-order valence-corrected chi connectivity index (χ2v) is 9.39. The van der Waals surface area contributed by atoms with Gasteiger partial charge in [0.2, 0.25) is 0 Å². The lowest BCUT2D eigenvalue weighted by atomic mass is 9.86. The van der Waals surface area contributed by atoms with Crippen LogP contribution in [0, 0.1) is 0 Å². The maximum absolute atomic E-state index is 6.56. The molecule has 0 spiro atoms. The average molecular weight is 439 g/mol. The van der Waals surface area contributed by atoms with Gasteiger partial charge in [-0.3, -0.25) is 4.90 Å².